The number of carbonyl (C=O) groups excluding carboxylic acids is 1. The molecule has 0 fully saturated rings. The molecule has 3 rings (SSSR count). The highest BCUT2D eigenvalue weighted by Gasteiger charge is 2.21. The molecule has 4 heteroatoms. The van der Waals surface area contributed by atoms with Crippen molar-refractivity contribution in [3.8, 4) is 5.75 Å². The van der Waals surface area contributed by atoms with Gasteiger partial charge in [0.15, 0.2) is 0 Å². The van der Waals surface area contributed by atoms with Crippen molar-refractivity contribution >= 4 is 21.9 Å². The molecule has 1 unspecified atom stereocenters. The third-order valence-electron chi connectivity index (χ3n) is 4.16. The van der Waals surface area contributed by atoms with Crippen LogP contribution in [-0.4, -0.2) is 13.1 Å². The second-order valence-corrected chi connectivity index (χ2v) is 6.63. The highest BCUT2D eigenvalue weighted by atomic mass is 79.9. The van der Waals surface area contributed by atoms with Crippen molar-refractivity contribution in [3.63, 3.8) is 0 Å². The molecular formula is C19H19BrO3. The van der Waals surface area contributed by atoms with Crippen molar-refractivity contribution in [2.45, 2.75) is 31.8 Å². The van der Waals surface area contributed by atoms with Gasteiger partial charge in [0.05, 0.1) is 7.11 Å². The minimum atomic E-state index is -0.184. The first kappa shape index (κ1) is 16.1. The standard InChI is InChI=1S/C19H19BrO3/c1-22-19(21)11-3-13-2-4-15-7-10-17(23-18(15)12-13)14-5-8-16(20)9-6-14/h2,4-6,8-9,12,17H,3,7,10-11H2,1H3. The lowest BCUT2D eigenvalue weighted by molar-refractivity contribution is -0.140. The molecule has 1 aliphatic rings. The van der Waals surface area contributed by atoms with E-state index in [1.807, 2.05) is 12.1 Å². The zero-order valence-corrected chi connectivity index (χ0v) is 14.6. The summed E-state index contributed by atoms with van der Waals surface area (Å²) >= 11 is 3.46. The zero-order chi connectivity index (χ0) is 16.2. The summed E-state index contributed by atoms with van der Waals surface area (Å²) in [7, 11) is 1.42. The van der Waals surface area contributed by atoms with Gasteiger partial charge in [-0.05, 0) is 54.2 Å². The van der Waals surface area contributed by atoms with E-state index in [2.05, 4.69) is 46.3 Å². The van der Waals surface area contributed by atoms with Gasteiger partial charge in [-0.3, -0.25) is 4.79 Å². The molecule has 0 radical (unpaired) electrons. The van der Waals surface area contributed by atoms with Crippen molar-refractivity contribution in [1.29, 1.82) is 0 Å². The molecule has 0 N–H and O–H groups in total. The molecule has 0 saturated heterocycles. The molecular weight excluding hydrogens is 356 g/mol. The number of benzene rings is 2. The van der Waals surface area contributed by atoms with E-state index < -0.39 is 0 Å². The molecule has 0 saturated carbocycles. The van der Waals surface area contributed by atoms with Crippen molar-refractivity contribution in [2.24, 2.45) is 0 Å². The summed E-state index contributed by atoms with van der Waals surface area (Å²) in [6, 6.07) is 14.5. The lowest BCUT2D eigenvalue weighted by Crippen LogP contribution is -2.15. The number of esters is 1. The average molecular weight is 375 g/mol. The van der Waals surface area contributed by atoms with Crippen molar-refractivity contribution in [2.75, 3.05) is 7.11 Å². The second kappa shape index (κ2) is 7.18. The topological polar surface area (TPSA) is 35.5 Å². The maximum atomic E-state index is 11.3. The van der Waals surface area contributed by atoms with Crippen LogP contribution in [0, 0.1) is 0 Å². The number of carbonyl (C=O) groups is 1. The summed E-state index contributed by atoms with van der Waals surface area (Å²) in [5.41, 5.74) is 3.53. The van der Waals surface area contributed by atoms with E-state index in [0.29, 0.717) is 12.8 Å². The van der Waals surface area contributed by atoms with Crippen molar-refractivity contribution < 1.29 is 14.3 Å². The van der Waals surface area contributed by atoms with Gasteiger partial charge in [0.1, 0.15) is 11.9 Å². The molecule has 0 bridgehead atoms. The van der Waals surface area contributed by atoms with Gasteiger partial charge in [0.2, 0.25) is 0 Å². The molecule has 0 aliphatic carbocycles. The summed E-state index contributed by atoms with van der Waals surface area (Å²) in [6.45, 7) is 0. The molecule has 23 heavy (non-hydrogen) atoms. The minimum Gasteiger partial charge on any atom is -0.485 e. The fourth-order valence-electron chi connectivity index (χ4n) is 2.83. The number of rotatable bonds is 4. The summed E-state index contributed by atoms with van der Waals surface area (Å²) in [6.07, 6.45) is 3.15. The Morgan fingerprint density at radius 2 is 2.04 bits per heavy atom. The quantitative estimate of drug-likeness (QED) is 0.732. The lowest BCUT2D eigenvalue weighted by atomic mass is 9.96. The Morgan fingerprint density at radius 1 is 1.26 bits per heavy atom. The number of methoxy groups -OCH3 is 1. The predicted molar refractivity (Wildman–Crippen MR) is 92.6 cm³/mol. The Labute approximate surface area is 144 Å². The van der Waals surface area contributed by atoms with Gasteiger partial charge in [-0.15, -0.1) is 0 Å². The Balaban J connectivity index is 1.73. The fourth-order valence-corrected chi connectivity index (χ4v) is 3.09. The van der Waals surface area contributed by atoms with Crippen LogP contribution in [0.2, 0.25) is 0 Å². The number of halogens is 1. The second-order valence-electron chi connectivity index (χ2n) is 5.71. The molecule has 2 aromatic carbocycles. The molecule has 1 aliphatic heterocycles. The monoisotopic (exact) mass is 374 g/mol. The summed E-state index contributed by atoms with van der Waals surface area (Å²) in [5.74, 6) is 0.753. The molecule has 0 spiro atoms. The van der Waals surface area contributed by atoms with Crippen LogP contribution in [0.5, 0.6) is 5.75 Å². The van der Waals surface area contributed by atoms with E-state index in [1.165, 1.54) is 18.2 Å². The molecule has 2 aromatic rings. The largest absolute Gasteiger partial charge is 0.485 e. The zero-order valence-electron chi connectivity index (χ0n) is 13.0. The van der Waals surface area contributed by atoms with Gasteiger partial charge in [-0.2, -0.15) is 0 Å². The van der Waals surface area contributed by atoms with Gasteiger partial charge in [-0.1, -0.05) is 40.2 Å². The van der Waals surface area contributed by atoms with E-state index in [1.54, 1.807) is 0 Å². The van der Waals surface area contributed by atoms with Gasteiger partial charge < -0.3 is 9.47 Å². The first-order valence-corrected chi connectivity index (χ1v) is 8.56. The number of fused-ring (bicyclic) bond motifs is 1. The molecule has 120 valence electrons. The first-order valence-electron chi connectivity index (χ1n) is 7.76. The number of hydrogen-bond acceptors (Lipinski definition) is 3. The van der Waals surface area contributed by atoms with Crippen LogP contribution in [-0.2, 0) is 22.4 Å². The van der Waals surface area contributed by atoms with Crippen LogP contribution in [0.3, 0.4) is 0 Å². The Bertz CT molecular complexity index is 694. The van der Waals surface area contributed by atoms with Gasteiger partial charge >= 0.3 is 5.97 Å². The Hall–Kier alpha value is -1.81. The maximum Gasteiger partial charge on any atom is 0.305 e. The van der Waals surface area contributed by atoms with Gasteiger partial charge in [-0.25, -0.2) is 0 Å². The van der Waals surface area contributed by atoms with Crippen molar-refractivity contribution in [3.05, 3.63) is 63.6 Å². The highest BCUT2D eigenvalue weighted by Crippen LogP contribution is 2.36. The summed E-state index contributed by atoms with van der Waals surface area (Å²) in [4.78, 5) is 11.3. The normalized spacial score (nSPS) is 16.3. The third-order valence-corrected chi connectivity index (χ3v) is 4.69. The van der Waals surface area contributed by atoms with Crippen LogP contribution in [0.15, 0.2) is 46.9 Å². The van der Waals surface area contributed by atoms with Crippen LogP contribution < -0.4 is 4.74 Å². The third kappa shape index (κ3) is 3.94. The van der Waals surface area contributed by atoms with E-state index >= 15 is 0 Å². The predicted octanol–water partition coefficient (Wildman–Crippen LogP) is 4.62. The van der Waals surface area contributed by atoms with Crippen LogP contribution in [0.4, 0.5) is 0 Å². The Morgan fingerprint density at radius 3 is 2.78 bits per heavy atom. The van der Waals surface area contributed by atoms with E-state index in [-0.39, 0.29) is 12.1 Å². The molecule has 0 aromatic heterocycles. The maximum absolute atomic E-state index is 11.3. The van der Waals surface area contributed by atoms with Crippen LogP contribution >= 0.6 is 15.9 Å². The van der Waals surface area contributed by atoms with E-state index in [9.17, 15) is 4.79 Å². The molecule has 1 atom stereocenters. The van der Waals surface area contributed by atoms with Crippen LogP contribution in [0.1, 0.15) is 35.6 Å². The number of hydrogen-bond donors (Lipinski definition) is 0. The summed E-state index contributed by atoms with van der Waals surface area (Å²) < 4.78 is 12.0. The lowest BCUT2D eigenvalue weighted by Gasteiger charge is -2.27. The fraction of sp³-hybridized carbons (Fsp3) is 0.316. The Kier molecular flexibility index (Phi) is 5.01. The van der Waals surface area contributed by atoms with Gasteiger partial charge in [0, 0.05) is 10.9 Å². The van der Waals surface area contributed by atoms with E-state index in [0.717, 1.165) is 28.6 Å². The SMILES string of the molecule is COC(=O)CCc1ccc2c(c1)OC(c1ccc(Br)cc1)CC2. The van der Waals surface area contributed by atoms with Gasteiger partial charge in [0.25, 0.3) is 0 Å². The molecule has 3 nitrogen and oxygen atoms in total. The highest BCUT2D eigenvalue weighted by molar-refractivity contribution is 9.10. The smallest absolute Gasteiger partial charge is 0.305 e. The molecule has 0 amide bonds. The van der Waals surface area contributed by atoms with E-state index in [4.69, 9.17) is 9.47 Å². The van der Waals surface area contributed by atoms with Crippen LogP contribution in [0.25, 0.3) is 0 Å². The molecule has 1 heterocycles. The van der Waals surface area contributed by atoms with Crippen molar-refractivity contribution in [1.82, 2.24) is 0 Å². The minimum absolute atomic E-state index is 0.0893. The first-order chi connectivity index (χ1) is 11.2. The average Bonchev–Trinajstić information content (AvgIpc) is 2.59. The number of aryl methyl sites for hydroxylation is 2. The summed E-state index contributed by atoms with van der Waals surface area (Å²) in [5, 5.41) is 0. The number of ether oxygens (including phenoxy) is 2.